The van der Waals surface area contributed by atoms with E-state index in [2.05, 4.69) is 5.10 Å². The van der Waals surface area contributed by atoms with Crippen LogP contribution >= 0.6 is 11.8 Å². The van der Waals surface area contributed by atoms with Gasteiger partial charge in [-0.3, -0.25) is 9.48 Å². The zero-order chi connectivity index (χ0) is 11.5. The van der Waals surface area contributed by atoms with E-state index in [1.165, 1.54) is 0 Å². The van der Waals surface area contributed by atoms with Gasteiger partial charge in [0.2, 0.25) is 5.91 Å². The fraction of sp³-hybridized carbons (Fsp3) is 0.600. The van der Waals surface area contributed by atoms with Gasteiger partial charge >= 0.3 is 0 Å². The lowest BCUT2D eigenvalue weighted by Crippen LogP contribution is -2.43. The molecule has 0 saturated carbocycles. The van der Waals surface area contributed by atoms with Crippen molar-refractivity contribution in [3.63, 3.8) is 0 Å². The van der Waals surface area contributed by atoms with Crippen LogP contribution in [0.5, 0.6) is 0 Å². The van der Waals surface area contributed by atoms with Crippen LogP contribution in [0.25, 0.3) is 0 Å². The summed E-state index contributed by atoms with van der Waals surface area (Å²) in [5, 5.41) is 4.03. The van der Waals surface area contributed by atoms with Crippen molar-refractivity contribution in [3.05, 3.63) is 18.0 Å². The highest BCUT2D eigenvalue weighted by atomic mass is 32.2. The lowest BCUT2D eigenvalue weighted by Gasteiger charge is -2.28. The Morgan fingerprint density at radius 1 is 1.56 bits per heavy atom. The molecule has 5 nitrogen and oxygen atoms in total. The highest BCUT2D eigenvalue weighted by Crippen LogP contribution is 2.16. The highest BCUT2D eigenvalue weighted by molar-refractivity contribution is 7.99. The van der Waals surface area contributed by atoms with Crippen molar-refractivity contribution in [2.45, 2.75) is 6.04 Å². The van der Waals surface area contributed by atoms with Gasteiger partial charge in [-0.25, -0.2) is 0 Å². The average Bonchev–Trinajstić information content (AvgIpc) is 2.75. The molecule has 0 spiro atoms. The van der Waals surface area contributed by atoms with Gasteiger partial charge in [0.25, 0.3) is 0 Å². The second-order valence-electron chi connectivity index (χ2n) is 3.86. The van der Waals surface area contributed by atoms with Crippen LogP contribution in [0.15, 0.2) is 12.4 Å². The standard InChI is InChI=1S/C10H16N4OS/c1-13-7-8(6-12-13)9(11)10(15)14-2-4-16-5-3-14/h6-7,9H,2-5,11H2,1H3. The maximum Gasteiger partial charge on any atom is 0.244 e. The van der Waals surface area contributed by atoms with Crippen molar-refractivity contribution >= 4 is 17.7 Å². The van der Waals surface area contributed by atoms with Crippen LogP contribution in [-0.2, 0) is 11.8 Å². The van der Waals surface area contributed by atoms with Crippen LogP contribution in [0.4, 0.5) is 0 Å². The predicted molar refractivity (Wildman–Crippen MR) is 64.0 cm³/mol. The first-order valence-electron chi connectivity index (χ1n) is 5.29. The molecule has 0 aromatic carbocycles. The molecule has 1 aliphatic heterocycles. The topological polar surface area (TPSA) is 64.2 Å². The third kappa shape index (κ3) is 2.38. The number of nitrogens with two attached hydrogens (primary N) is 1. The second-order valence-corrected chi connectivity index (χ2v) is 5.09. The summed E-state index contributed by atoms with van der Waals surface area (Å²) in [6.45, 7) is 1.61. The van der Waals surface area contributed by atoms with Crippen molar-refractivity contribution in [1.29, 1.82) is 0 Å². The lowest BCUT2D eigenvalue weighted by molar-refractivity contribution is -0.132. The van der Waals surface area contributed by atoms with Gasteiger partial charge in [0.15, 0.2) is 0 Å². The van der Waals surface area contributed by atoms with Gasteiger partial charge in [-0.05, 0) is 0 Å². The Morgan fingerprint density at radius 3 is 2.81 bits per heavy atom. The molecule has 1 aromatic rings. The van der Waals surface area contributed by atoms with E-state index in [-0.39, 0.29) is 5.91 Å². The van der Waals surface area contributed by atoms with E-state index in [1.807, 2.05) is 23.7 Å². The molecule has 6 heteroatoms. The number of carbonyl (C=O) groups excluding carboxylic acids is 1. The molecule has 2 N–H and O–H groups in total. The molecule has 1 atom stereocenters. The van der Waals surface area contributed by atoms with E-state index < -0.39 is 6.04 Å². The average molecular weight is 240 g/mol. The molecule has 2 rings (SSSR count). The smallest absolute Gasteiger partial charge is 0.244 e. The summed E-state index contributed by atoms with van der Waals surface area (Å²) < 4.78 is 1.66. The Kier molecular flexibility index (Phi) is 3.50. The van der Waals surface area contributed by atoms with Crippen molar-refractivity contribution in [2.24, 2.45) is 12.8 Å². The SMILES string of the molecule is Cn1cc(C(N)C(=O)N2CCSCC2)cn1. The molecule has 16 heavy (non-hydrogen) atoms. The molecule has 1 amide bonds. The summed E-state index contributed by atoms with van der Waals surface area (Å²) in [7, 11) is 1.82. The van der Waals surface area contributed by atoms with Crippen molar-refractivity contribution in [2.75, 3.05) is 24.6 Å². The van der Waals surface area contributed by atoms with Crippen LogP contribution in [0, 0.1) is 0 Å². The third-order valence-electron chi connectivity index (χ3n) is 2.67. The van der Waals surface area contributed by atoms with E-state index in [1.54, 1.807) is 17.1 Å². The van der Waals surface area contributed by atoms with Crippen LogP contribution in [0.3, 0.4) is 0 Å². The Morgan fingerprint density at radius 2 is 2.25 bits per heavy atom. The minimum absolute atomic E-state index is 0.00769. The summed E-state index contributed by atoms with van der Waals surface area (Å²) in [6, 6.07) is -0.572. The molecule has 0 aliphatic carbocycles. The quantitative estimate of drug-likeness (QED) is 0.790. The van der Waals surface area contributed by atoms with Gasteiger partial charge in [-0.1, -0.05) is 0 Å². The summed E-state index contributed by atoms with van der Waals surface area (Å²) in [5.41, 5.74) is 6.71. The Labute approximate surface area is 99.0 Å². The zero-order valence-electron chi connectivity index (χ0n) is 9.30. The summed E-state index contributed by atoms with van der Waals surface area (Å²) >= 11 is 1.88. The van der Waals surface area contributed by atoms with Gasteiger partial charge in [-0.2, -0.15) is 16.9 Å². The van der Waals surface area contributed by atoms with Gasteiger partial charge < -0.3 is 10.6 Å². The summed E-state index contributed by atoms with van der Waals surface area (Å²) in [5.74, 6) is 2.02. The zero-order valence-corrected chi connectivity index (χ0v) is 10.1. The van der Waals surface area contributed by atoms with Gasteiger partial charge in [0.05, 0.1) is 6.20 Å². The van der Waals surface area contributed by atoms with Crippen molar-refractivity contribution in [1.82, 2.24) is 14.7 Å². The molecule has 88 valence electrons. The monoisotopic (exact) mass is 240 g/mol. The number of aromatic nitrogens is 2. The van der Waals surface area contributed by atoms with Gasteiger partial charge in [-0.15, -0.1) is 0 Å². The Bertz CT molecular complexity index is 373. The molecule has 1 aliphatic rings. The van der Waals surface area contributed by atoms with E-state index in [9.17, 15) is 4.79 Å². The largest absolute Gasteiger partial charge is 0.339 e. The number of thioether (sulfide) groups is 1. The highest BCUT2D eigenvalue weighted by Gasteiger charge is 2.24. The lowest BCUT2D eigenvalue weighted by atomic mass is 10.1. The van der Waals surface area contributed by atoms with E-state index in [0.717, 1.165) is 30.2 Å². The number of nitrogens with zero attached hydrogens (tertiary/aromatic N) is 3. The third-order valence-corrected chi connectivity index (χ3v) is 3.62. The predicted octanol–water partition coefficient (Wildman–Crippen LogP) is -0.00470. The maximum atomic E-state index is 12.1. The van der Waals surface area contributed by atoms with Crippen LogP contribution in [0.1, 0.15) is 11.6 Å². The fourth-order valence-electron chi connectivity index (χ4n) is 1.72. The number of hydrogen-bond acceptors (Lipinski definition) is 4. The van der Waals surface area contributed by atoms with Crippen LogP contribution < -0.4 is 5.73 Å². The molecule has 1 unspecified atom stereocenters. The number of amides is 1. The molecule has 1 aromatic heterocycles. The number of rotatable bonds is 2. The van der Waals surface area contributed by atoms with Gasteiger partial charge in [0, 0.05) is 43.4 Å². The molecule has 1 fully saturated rings. The first kappa shape index (κ1) is 11.5. The van der Waals surface area contributed by atoms with Crippen LogP contribution in [-0.4, -0.2) is 45.2 Å². The number of aryl methyl sites for hydroxylation is 1. The van der Waals surface area contributed by atoms with Gasteiger partial charge in [0.1, 0.15) is 6.04 Å². The van der Waals surface area contributed by atoms with Crippen molar-refractivity contribution < 1.29 is 4.79 Å². The maximum absolute atomic E-state index is 12.1. The Hall–Kier alpha value is -1.01. The van der Waals surface area contributed by atoms with E-state index in [4.69, 9.17) is 5.73 Å². The van der Waals surface area contributed by atoms with E-state index in [0.29, 0.717) is 0 Å². The van der Waals surface area contributed by atoms with E-state index >= 15 is 0 Å². The first-order chi connectivity index (χ1) is 7.68. The molecular weight excluding hydrogens is 224 g/mol. The summed E-state index contributed by atoms with van der Waals surface area (Å²) in [4.78, 5) is 13.9. The normalized spacial score (nSPS) is 18.5. The van der Waals surface area contributed by atoms with Crippen LogP contribution in [0.2, 0.25) is 0 Å². The molecule has 0 radical (unpaired) electrons. The van der Waals surface area contributed by atoms with Crippen molar-refractivity contribution in [3.8, 4) is 0 Å². The summed E-state index contributed by atoms with van der Waals surface area (Å²) in [6.07, 6.45) is 3.45. The fourth-order valence-corrected chi connectivity index (χ4v) is 2.63. The second kappa shape index (κ2) is 4.88. The molecule has 1 saturated heterocycles. The minimum atomic E-state index is -0.572. The molecule has 2 heterocycles. The Balaban J connectivity index is 2.03. The molecule has 0 bridgehead atoms. The first-order valence-corrected chi connectivity index (χ1v) is 6.44. The minimum Gasteiger partial charge on any atom is -0.339 e. The number of carbonyl (C=O) groups is 1. The number of hydrogen-bond donors (Lipinski definition) is 1. The molecular formula is C10H16N4OS.